The van der Waals surface area contributed by atoms with Gasteiger partial charge in [0.25, 0.3) is 0 Å². The molecule has 2 aliphatic rings. The van der Waals surface area contributed by atoms with Crippen molar-refractivity contribution in [1.29, 1.82) is 0 Å². The lowest BCUT2D eigenvalue weighted by molar-refractivity contribution is 0.110. The average Bonchev–Trinajstić information content (AvgIpc) is 1.20. The first kappa shape index (κ1) is 72.2. The highest BCUT2D eigenvalue weighted by atomic mass is 19.1. The smallest absolute Gasteiger partial charge is 0.410 e. The molecule has 0 spiro atoms. The predicted octanol–water partition coefficient (Wildman–Crippen LogP) is 12.3. The van der Waals surface area contributed by atoms with E-state index < -0.39 is 0 Å². The zero-order valence-electron chi connectivity index (χ0n) is 60.2. The fourth-order valence-corrected chi connectivity index (χ4v) is 12.3. The number of nitrogens with zero attached hydrogens (tertiary/aromatic N) is 16. The van der Waals surface area contributed by atoms with Crippen LogP contribution in [0.2, 0.25) is 0 Å². The summed E-state index contributed by atoms with van der Waals surface area (Å²) in [4.78, 5) is 48.5. The molecule has 6 aromatic carbocycles. The summed E-state index contributed by atoms with van der Waals surface area (Å²) in [6.07, 6.45) is 19.5. The zero-order valence-corrected chi connectivity index (χ0v) is 60.2. The molecule has 2 N–H and O–H groups in total. The number of carbonyl (C=O) groups is 1. The molecule has 8 heterocycles. The number of benzene rings is 6. The van der Waals surface area contributed by atoms with Crippen LogP contribution >= 0.6 is 0 Å². The first-order valence-corrected chi connectivity index (χ1v) is 34.5. The van der Waals surface area contributed by atoms with Gasteiger partial charge in [0, 0.05) is 191 Å². The van der Waals surface area contributed by atoms with Crippen molar-refractivity contribution >= 4 is 73.3 Å². The van der Waals surface area contributed by atoms with Crippen LogP contribution < -0.4 is 49.0 Å². The molecular formula is C77H87FN18O8. The van der Waals surface area contributed by atoms with Gasteiger partial charge < -0.3 is 63.4 Å². The van der Waals surface area contributed by atoms with Crippen molar-refractivity contribution in [2.75, 3.05) is 116 Å². The van der Waals surface area contributed by atoms with Crippen LogP contribution in [0.5, 0.6) is 28.7 Å². The third-order valence-corrected chi connectivity index (χ3v) is 17.7. The molecule has 2 fully saturated rings. The SMILES string of the molecule is COc1cc(F)cc(N(CCCNC(C)C)c2ccc3ncc(-c4cnn(C)c4)nc3c2)c1.COc1cc(OC)cc(N(CCN2CCOC2=O)c2ccc3ncc(-c4cnn(C)c4)nc3c2)c1.COc1cc(OC)cc(N(CCNCC2CCCO2)c2ccc3ncc(-c4cnn(C)c4)nc3c2)c1. The number of hydrogen-bond acceptors (Lipinski definition) is 22. The van der Waals surface area contributed by atoms with E-state index in [9.17, 15) is 9.18 Å². The Morgan fingerprint density at radius 1 is 0.510 bits per heavy atom. The van der Waals surface area contributed by atoms with Crippen molar-refractivity contribution < 1.29 is 42.3 Å². The van der Waals surface area contributed by atoms with Crippen molar-refractivity contribution in [2.45, 2.75) is 45.3 Å². The second-order valence-corrected chi connectivity index (χ2v) is 25.3. The first-order chi connectivity index (χ1) is 50.6. The van der Waals surface area contributed by atoms with Gasteiger partial charge in [0.15, 0.2) is 0 Å². The monoisotopic (exact) mass is 1410 g/mol. The van der Waals surface area contributed by atoms with Crippen molar-refractivity contribution in [3.8, 4) is 62.5 Å². The van der Waals surface area contributed by atoms with Gasteiger partial charge in [-0.15, -0.1) is 0 Å². The summed E-state index contributed by atoms with van der Waals surface area (Å²) in [7, 11) is 13.7. The van der Waals surface area contributed by atoms with E-state index in [2.05, 4.69) is 81.6 Å². The molecular weight excluding hydrogens is 1320 g/mol. The number of rotatable bonds is 27. The fourth-order valence-electron chi connectivity index (χ4n) is 12.3. The molecule has 104 heavy (non-hydrogen) atoms. The molecule has 1 amide bonds. The van der Waals surface area contributed by atoms with Crippen molar-refractivity contribution in [3.63, 3.8) is 0 Å². The van der Waals surface area contributed by atoms with Crippen molar-refractivity contribution in [3.05, 3.63) is 171 Å². The van der Waals surface area contributed by atoms with Crippen LogP contribution in [0.3, 0.4) is 0 Å². The molecule has 2 aliphatic heterocycles. The van der Waals surface area contributed by atoms with E-state index in [-0.39, 0.29) is 11.9 Å². The minimum atomic E-state index is -0.339. The number of carbonyl (C=O) groups excluding carboxylic acids is 1. The normalized spacial score (nSPS) is 13.4. The number of aromatic nitrogens is 12. The Labute approximate surface area is 603 Å². The lowest BCUT2D eigenvalue weighted by Gasteiger charge is -2.27. The minimum Gasteiger partial charge on any atom is -0.497 e. The molecule has 27 heteroatoms. The van der Waals surface area contributed by atoms with Gasteiger partial charge >= 0.3 is 6.09 Å². The lowest BCUT2D eigenvalue weighted by Crippen LogP contribution is -2.33. The summed E-state index contributed by atoms with van der Waals surface area (Å²) < 4.78 is 57.8. The molecule has 14 rings (SSSR count). The van der Waals surface area contributed by atoms with E-state index >= 15 is 0 Å². The van der Waals surface area contributed by atoms with E-state index in [1.165, 1.54) is 12.1 Å². The first-order valence-electron chi connectivity index (χ1n) is 34.5. The van der Waals surface area contributed by atoms with Gasteiger partial charge in [0.05, 0.1) is 136 Å². The number of amides is 1. The Morgan fingerprint density at radius 2 is 0.942 bits per heavy atom. The number of halogens is 1. The van der Waals surface area contributed by atoms with Crippen LogP contribution in [-0.4, -0.2) is 184 Å². The molecule has 1 atom stereocenters. The van der Waals surface area contributed by atoms with Gasteiger partial charge in [0.1, 0.15) is 41.2 Å². The van der Waals surface area contributed by atoms with E-state index in [1.54, 1.807) is 91.7 Å². The number of nitrogens with one attached hydrogen (secondary N) is 2. The largest absolute Gasteiger partial charge is 0.497 e. The van der Waals surface area contributed by atoms with E-state index in [4.69, 9.17) is 48.1 Å². The standard InChI is InChI=1S/C27H32N6O3.C25H29FN6O.C25H26N6O4/c1-32-18-19(15-30-32)27-17-29-25-7-6-20(13-26(25)31-27)33(9-8-28-16-22-5-4-10-36-22)21-11-23(34-2)14-24(12-21)35-3;1-17(2)27-8-5-9-32(21-10-19(26)11-22(12-21)33-4)20-6-7-23-24(13-20)30-25(15-28-23)18-14-29-31(3)16-18;1-29-16-17(14-27-29)24-15-26-22-5-4-18(12-23(22)28-24)31(7-6-30-8-9-35-25(30)32)19-10-20(33-2)13-21(11-19)34-3/h6-7,11-15,17-18,22,28H,4-5,8-10,16H2,1-3H3;6-7,10-17,27H,5,8-9H2,1-4H3;4-5,10-16H,6-9H2,1-3H3. The molecule has 26 nitrogen and oxygen atoms in total. The highest BCUT2D eigenvalue weighted by Gasteiger charge is 2.25. The maximum atomic E-state index is 14.3. The van der Waals surface area contributed by atoms with Crippen LogP contribution in [0.25, 0.3) is 66.9 Å². The summed E-state index contributed by atoms with van der Waals surface area (Å²) in [6.45, 7) is 11.1. The maximum absolute atomic E-state index is 14.3. The Hall–Kier alpha value is -11.6. The molecule has 0 bridgehead atoms. The van der Waals surface area contributed by atoms with E-state index in [1.807, 2.05) is 125 Å². The highest BCUT2D eigenvalue weighted by molar-refractivity contribution is 5.86. The van der Waals surface area contributed by atoms with Crippen LogP contribution in [0.4, 0.5) is 43.3 Å². The number of cyclic esters (lactones) is 1. The van der Waals surface area contributed by atoms with Gasteiger partial charge in [-0.05, 0) is 86.5 Å². The average molecular weight is 1410 g/mol. The van der Waals surface area contributed by atoms with Gasteiger partial charge in [-0.3, -0.25) is 29.0 Å². The molecule has 540 valence electrons. The second kappa shape index (κ2) is 34.0. The fraction of sp³-hybridized carbons (Fsp3) is 0.325. The summed E-state index contributed by atoms with van der Waals surface area (Å²) in [6, 6.07) is 34.8. The van der Waals surface area contributed by atoms with Crippen LogP contribution in [0.1, 0.15) is 33.1 Å². The molecule has 2 saturated heterocycles. The topological polar surface area (TPSA) is 249 Å². The van der Waals surface area contributed by atoms with E-state index in [0.717, 1.165) is 165 Å². The van der Waals surface area contributed by atoms with Gasteiger partial charge in [-0.1, -0.05) is 13.8 Å². The van der Waals surface area contributed by atoms with Crippen LogP contribution in [0.15, 0.2) is 165 Å². The Bertz CT molecular complexity index is 4850. The molecule has 6 aromatic heterocycles. The zero-order chi connectivity index (χ0) is 72.6. The third-order valence-electron chi connectivity index (χ3n) is 17.7. The molecule has 1 unspecified atom stereocenters. The number of ether oxygens (including phenoxy) is 7. The molecule has 0 aliphatic carbocycles. The van der Waals surface area contributed by atoms with Gasteiger partial charge in [0.2, 0.25) is 0 Å². The number of hydrogen-bond donors (Lipinski definition) is 2. The lowest BCUT2D eigenvalue weighted by atomic mass is 10.1. The number of fused-ring (bicyclic) bond motifs is 3. The second-order valence-electron chi connectivity index (χ2n) is 25.3. The quantitative estimate of drug-likeness (QED) is 0.0454. The maximum Gasteiger partial charge on any atom is 0.410 e. The summed E-state index contributed by atoms with van der Waals surface area (Å²) in [5.41, 5.74) is 15.2. The van der Waals surface area contributed by atoms with Gasteiger partial charge in [-0.25, -0.2) is 24.1 Å². The molecule has 0 saturated carbocycles. The summed E-state index contributed by atoms with van der Waals surface area (Å²) in [5, 5.41) is 19.7. The van der Waals surface area contributed by atoms with Crippen molar-refractivity contribution in [1.82, 2.24) is 74.8 Å². The number of aryl methyl sites for hydroxylation is 3. The highest BCUT2D eigenvalue weighted by Crippen LogP contribution is 2.38. The Balaban J connectivity index is 0.000000147. The Morgan fingerprint density at radius 3 is 1.34 bits per heavy atom. The van der Waals surface area contributed by atoms with Crippen molar-refractivity contribution in [2.24, 2.45) is 21.1 Å². The van der Waals surface area contributed by atoms with Crippen LogP contribution in [-0.2, 0) is 30.6 Å². The Kier molecular flexibility index (Phi) is 23.6. The summed E-state index contributed by atoms with van der Waals surface area (Å²) in [5.74, 6) is 2.96. The van der Waals surface area contributed by atoms with Gasteiger partial charge in [-0.2, -0.15) is 15.3 Å². The predicted molar refractivity (Wildman–Crippen MR) is 401 cm³/mol. The van der Waals surface area contributed by atoms with Crippen LogP contribution in [0, 0.1) is 5.82 Å². The number of methoxy groups -OCH3 is 5. The van der Waals surface area contributed by atoms with E-state index in [0.29, 0.717) is 62.2 Å². The number of anilines is 6. The third kappa shape index (κ3) is 18.2. The minimum absolute atomic E-state index is 0.293. The molecule has 0 radical (unpaired) electrons. The summed E-state index contributed by atoms with van der Waals surface area (Å²) >= 11 is 0. The molecule has 12 aromatic rings.